The second-order valence-corrected chi connectivity index (χ2v) is 1.37. The van der Waals surface area contributed by atoms with Gasteiger partial charge in [-0.2, -0.15) is 0 Å². The highest BCUT2D eigenvalue weighted by Crippen LogP contribution is 1.76. The highest BCUT2D eigenvalue weighted by atomic mass is 16.5. The fraction of sp³-hybridized carbons (Fsp3) is 0.750. The van der Waals surface area contributed by atoms with Gasteiger partial charge in [0, 0.05) is 6.92 Å². The topological polar surface area (TPSA) is 72.5 Å². The number of rotatable bonds is 2. The van der Waals surface area contributed by atoms with Crippen LogP contribution < -0.4 is 5.73 Å². The van der Waals surface area contributed by atoms with Gasteiger partial charge in [-0.05, 0) is 0 Å². The molecule has 0 aliphatic rings. The summed E-state index contributed by atoms with van der Waals surface area (Å²) in [5, 5.41) is 8.30. The molecule has 0 spiro atoms. The number of aliphatic hydroxyl groups excluding tert-OH is 1. The van der Waals surface area contributed by atoms with Crippen LogP contribution >= 0.6 is 0 Å². The van der Waals surface area contributed by atoms with Gasteiger partial charge in [0.25, 0.3) is 0 Å². The van der Waals surface area contributed by atoms with Gasteiger partial charge in [-0.1, -0.05) is 0 Å². The van der Waals surface area contributed by atoms with Gasteiger partial charge in [-0.3, -0.25) is 4.79 Å². The Bertz CT molecular complexity index is 81.4. The van der Waals surface area contributed by atoms with Crippen molar-refractivity contribution in [3.63, 3.8) is 0 Å². The van der Waals surface area contributed by atoms with Crippen molar-refractivity contribution >= 4 is 5.97 Å². The minimum atomic E-state index is -1.06. The minimum Gasteiger partial charge on any atom is -0.462 e. The van der Waals surface area contributed by atoms with E-state index in [-0.39, 0.29) is 6.61 Å². The molecule has 8 heavy (non-hydrogen) atoms. The van der Waals surface area contributed by atoms with Crippen molar-refractivity contribution in [2.24, 2.45) is 5.73 Å². The Labute approximate surface area is 47.2 Å². The summed E-state index contributed by atoms with van der Waals surface area (Å²) in [7, 11) is 0. The maximum Gasteiger partial charge on any atom is 0.302 e. The SMILES string of the molecule is CC(=O)OCC(N)O. The zero-order valence-electron chi connectivity index (χ0n) is 4.63. The lowest BCUT2D eigenvalue weighted by molar-refractivity contribution is -0.143. The second kappa shape index (κ2) is 3.40. The van der Waals surface area contributed by atoms with Gasteiger partial charge < -0.3 is 15.6 Å². The van der Waals surface area contributed by atoms with E-state index < -0.39 is 12.2 Å². The van der Waals surface area contributed by atoms with Crippen LogP contribution in [0, 0.1) is 0 Å². The van der Waals surface area contributed by atoms with E-state index in [0.717, 1.165) is 0 Å². The van der Waals surface area contributed by atoms with E-state index in [4.69, 9.17) is 10.8 Å². The zero-order chi connectivity index (χ0) is 6.57. The summed E-state index contributed by atoms with van der Waals surface area (Å²) in [6.45, 7) is 1.12. The van der Waals surface area contributed by atoms with E-state index >= 15 is 0 Å². The van der Waals surface area contributed by atoms with Gasteiger partial charge in [0.2, 0.25) is 0 Å². The third-order valence-electron chi connectivity index (χ3n) is 0.457. The van der Waals surface area contributed by atoms with E-state index in [1.54, 1.807) is 0 Å². The van der Waals surface area contributed by atoms with E-state index in [0.29, 0.717) is 0 Å². The number of ether oxygens (including phenoxy) is 1. The molecule has 0 saturated heterocycles. The van der Waals surface area contributed by atoms with Gasteiger partial charge in [0.05, 0.1) is 0 Å². The lowest BCUT2D eigenvalue weighted by Crippen LogP contribution is -2.26. The fourth-order valence-electron chi connectivity index (χ4n) is 0.203. The van der Waals surface area contributed by atoms with Crippen LogP contribution in [0.4, 0.5) is 0 Å². The Balaban J connectivity index is 3.05. The summed E-state index contributed by atoms with van der Waals surface area (Å²) in [5.41, 5.74) is 4.82. The van der Waals surface area contributed by atoms with Crippen molar-refractivity contribution in [2.45, 2.75) is 13.2 Å². The zero-order valence-corrected chi connectivity index (χ0v) is 4.63. The number of carbonyl (C=O) groups excluding carboxylic acids is 1. The van der Waals surface area contributed by atoms with Crippen molar-refractivity contribution in [1.29, 1.82) is 0 Å². The molecule has 0 aromatic rings. The van der Waals surface area contributed by atoms with Crippen LogP contribution in [0.2, 0.25) is 0 Å². The van der Waals surface area contributed by atoms with Crippen molar-refractivity contribution < 1.29 is 14.6 Å². The first-order chi connectivity index (χ1) is 3.63. The number of hydrogen-bond acceptors (Lipinski definition) is 4. The minimum absolute atomic E-state index is 0.130. The third kappa shape index (κ3) is 5.39. The number of nitrogens with two attached hydrogens (primary N) is 1. The number of carbonyl (C=O) groups is 1. The first kappa shape index (κ1) is 7.39. The molecular weight excluding hydrogens is 110 g/mol. The molecular formula is C4H9NO3. The van der Waals surface area contributed by atoms with Gasteiger partial charge in [0.15, 0.2) is 0 Å². The van der Waals surface area contributed by atoms with Crippen LogP contribution in [0.15, 0.2) is 0 Å². The van der Waals surface area contributed by atoms with Crippen LogP contribution in [-0.2, 0) is 9.53 Å². The summed E-state index contributed by atoms with van der Waals surface area (Å²) in [4.78, 5) is 9.96. The van der Waals surface area contributed by atoms with Crippen molar-refractivity contribution in [3.8, 4) is 0 Å². The molecule has 48 valence electrons. The van der Waals surface area contributed by atoms with E-state index in [2.05, 4.69) is 4.74 Å². The molecule has 4 nitrogen and oxygen atoms in total. The molecule has 0 aromatic carbocycles. The molecule has 4 heteroatoms. The monoisotopic (exact) mass is 119 g/mol. The lowest BCUT2D eigenvalue weighted by Gasteiger charge is -2.01. The van der Waals surface area contributed by atoms with Crippen LogP contribution in [0.3, 0.4) is 0 Å². The standard InChI is InChI=1S/C4H9NO3/c1-3(6)8-2-4(5)7/h4,7H,2,5H2,1H3. The molecule has 0 aliphatic heterocycles. The van der Waals surface area contributed by atoms with E-state index in [1.807, 2.05) is 0 Å². The molecule has 3 N–H and O–H groups in total. The summed E-state index contributed by atoms with van der Waals surface area (Å²) in [5.74, 6) is -0.436. The molecule has 1 atom stereocenters. The van der Waals surface area contributed by atoms with Gasteiger partial charge in [-0.15, -0.1) is 0 Å². The predicted molar refractivity (Wildman–Crippen MR) is 26.8 cm³/mol. The summed E-state index contributed by atoms with van der Waals surface area (Å²) < 4.78 is 4.29. The normalized spacial score (nSPS) is 12.9. The summed E-state index contributed by atoms with van der Waals surface area (Å²) in [6.07, 6.45) is -1.06. The molecule has 0 bridgehead atoms. The van der Waals surface area contributed by atoms with Crippen LogP contribution in [-0.4, -0.2) is 23.9 Å². The molecule has 0 aliphatic carbocycles. The van der Waals surface area contributed by atoms with Gasteiger partial charge >= 0.3 is 5.97 Å². The van der Waals surface area contributed by atoms with Crippen LogP contribution in [0.25, 0.3) is 0 Å². The maximum atomic E-state index is 9.96. The van der Waals surface area contributed by atoms with E-state index in [9.17, 15) is 4.79 Å². The average Bonchev–Trinajstić information content (AvgIpc) is 1.61. The Morgan fingerprint density at radius 1 is 2.00 bits per heavy atom. The maximum absolute atomic E-state index is 9.96. The van der Waals surface area contributed by atoms with Gasteiger partial charge in [0.1, 0.15) is 12.8 Å². The molecule has 0 aromatic heterocycles. The number of esters is 1. The molecule has 0 heterocycles. The van der Waals surface area contributed by atoms with Gasteiger partial charge in [-0.25, -0.2) is 0 Å². The second-order valence-electron chi connectivity index (χ2n) is 1.37. The lowest BCUT2D eigenvalue weighted by atomic mass is 10.6. The Kier molecular flexibility index (Phi) is 3.14. The predicted octanol–water partition coefficient (Wildman–Crippen LogP) is -1.17. The smallest absolute Gasteiger partial charge is 0.302 e. The van der Waals surface area contributed by atoms with Crippen LogP contribution in [0.5, 0.6) is 0 Å². The summed E-state index contributed by atoms with van der Waals surface area (Å²) >= 11 is 0. The Morgan fingerprint density at radius 3 is 2.62 bits per heavy atom. The molecule has 0 amide bonds. The molecule has 0 fully saturated rings. The largest absolute Gasteiger partial charge is 0.462 e. The average molecular weight is 119 g/mol. The molecule has 0 saturated carbocycles. The van der Waals surface area contributed by atoms with E-state index in [1.165, 1.54) is 6.92 Å². The van der Waals surface area contributed by atoms with Crippen LogP contribution in [0.1, 0.15) is 6.92 Å². The molecule has 0 radical (unpaired) electrons. The quantitative estimate of drug-likeness (QED) is 0.355. The first-order valence-electron chi connectivity index (χ1n) is 2.20. The Morgan fingerprint density at radius 2 is 2.50 bits per heavy atom. The van der Waals surface area contributed by atoms with Crippen molar-refractivity contribution in [2.75, 3.05) is 6.61 Å². The highest BCUT2D eigenvalue weighted by molar-refractivity contribution is 5.65. The third-order valence-corrected chi connectivity index (χ3v) is 0.457. The summed E-state index contributed by atoms with van der Waals surface area (Å²) in [6, 6.07) is 0. The number of aliphatic hydroxyl groups is 1. The Hall–Kier alpha value is -0.610. The fourth-order valence-corrected chi connectivity index (χ4v) is 0.203. The number of hydrogen-bond donors (Lipinski definition) is 2. The van der Waals surface area contributed by atoms with Crippen molar-refractivity contribution in [1.82, 2.24) is 0 Å². The highest BCUT2D eigenvalue weighted by Gasteiger charge is 1.96. The first-order valence-corrected chi connectivity index (χ1v) is 2.20. The molecule has 1 unspecified atom stereocenters. The van der Waals surface area contributed by atoms with Crippen molar-refractivity contribution in [3.05, 3.63) is 0 Å². The molecule has 0 rings (SSSR count).